The van der Waals surface area contributed by atoms with Crippen LogP contribution in [0.4, 0.5) is 0 Å². The summed E-state index contributed by atoms with van der Waals surface area (Å²) in [5.41, 5.74) is 12.9. The summed E-state index contributed by atoms with van der Waals surface area (Å²) in [6.45, 7) is 1.85. The summed E-state index contributed by atoms with van der Waals surface area (Å²) < 4.78 is 0. The van der Waals surface area contributed by atoms with Crippen LogP contribution in [0.3, 0.4) is 0 Å². The first-order valence-electron chi connectivity index (χ1n) is 8.53. The first kappa shape index (κ1) is 19.3. The van der Waals surface area contributed by atoms with Crippen molar-refractivity contribution in [2.75, 3.05) is 7.05 Å². The number of amides is 1. The largest absolute Gasteiger partial charge is 0.405 e. The molecule has 2 heterocycles. The van der Waals surface area contributed by atoms with Crippen molar-refractivity contribution in [3.63, 3.8) is 0 Å². The normalized spacial score (nSPS) is 22.6. The molecule has 4 N–H and O–H groups in total. The monoisotopic (exact) mass is 392 g/mol. The smallest absolute Gasteiger partial charge is 0.256 e. The van der Waals surface area contributed by atoms with E-state index in [0.29, 0.717) is 5.56 Å². The molecule has 142 valence electrons. The van der Waals surface area contributed by atoms with Crippen molar-refractivity contribution in [2.24, 2.45) is 21.5 Å². The summed E-state index contributed by atoms with van der Waals surface area (Å²) in [6, 6.07) is 10.7. The van der Waals surface area contributed by atoms with Gasteiger partial charge in [0.2, 0.25) is 0 Å². The Morgan fingerprint density at radius 1 is 1.39 bits per heavy atom. The van der Waals surface area contributed by atoms with Crippen molar-refractivity contribution in [3.05, 3.63) is 58.4 Å². The van der Waals surface area contributed by atoms with Gasteiger partial charge in [0.1, 0.15) is 5.54 Å². The highest BCUT2D eigenvalue weighted by atomic mass is 32.1. The molecule has 7 nitrogen and oxygen atoms in total. The van der Waals surface area contributed by atoms with Gasteiger partial charge in [0.05, 0.1) is 11.6 Å². The number of carbonyl (C=O) groups is 1. The van der Waals surface area contributed by atoms with Crippen LogP contribution in [-0.4, -0.2) is 36.1 Å². The van der Waals surface area contributed by atoms with Crippen molar-refractivity contribution in [3.8, 4) is 17.2 Å². The number of rotatable bonds is 4. The number of benzene rings is 1. The third kappa shape index (κ3) is 3.40. The lowest BCUT2D eigenvalue weighted by Crippen LogP contribution is -2.55. The van der Waals surface area contributed by atoms with E-state index in [1.54, 1.807) is 19.2 Å². The van der Waals surface area contributed by atoms with E-state index in [9.17, 15) is 4.79 Å². The number of nitrogens with zero attached hydrogens (tertiary/aromatic N) is 4. The molecule has 0 radical (unpaired) electrons. The van der Waals surface area contributed by atoms with Gasteiger partial charge in [-0.2, -0.15) is 5.26 Å². The van der Waals surface area contributed by atoms with Gasteiger partial charge in [-0.25, -0.2) is 4.99 Å². The standard InChI is InChI=1S/C20H20N6OS/c1-20(17(24-8-4-7-21)18(27)26(2)19(23)25-20)16-10-15(12-28-16)14-6-3-5-13(9-14)11-22/h3-10,12,17H,21H2,1-2H3,(H2,23,25)/t17?,20-/m1/s1. The maximum absolute atomic E-state index is 12.8. The lowest BCUT2D eigenvalue weighted by Gasteiger charge is -2.37. The molecule has 8 heteroatoms. The zero-order valence-electron chi connectivity index (χ0n) is 15.5. The summed E-state index contributed by atoms with van der Waals surface area (Å²) in [5, 5.41) is 11.1. The van der Waals surface area contributed by atoms with Gasteiger partial charge < -0.3 is 11.5 Å². The van der Waals surface area contributed by atoms with Crippen LogP contribution in [0, 0.1) is 11.3 Å². The van der Waals surface area contributed by atoms with Crippen LogP contribution in [0.5, 0.6) is 0 Å². The number of aliphatic imine (C=N–C) groups is 2. The van der Waals surface area contributed by atoms with E-state index in [1.165, 1.54) is 28.7 Å². The molecule has 1 aliphatic rings. The van der Waals surface area contributed by atoms with E-state index in [1.807, 2.05) is 36.6 Å². The summed E-state index contributed by atoms with van der Waals surface area (Å²) in [4.78, 5) is 24.0. The minimum atomic E-state index is -0.942. The fraction of sp³-hybridized carbons (Fsp3) is 0.200. The molecule has 0 saturated heterocycles. The second-order valence-electron chi connectivity index (χ2n) is 6.49. The Morgan fingerprint density at radius 2 is 2.18 bits per heavy atom. The number of hydrogen-bond donors (Lipinski definition) is 2. The van der Waals surface area contributed by atoms with Crippen LogP contribution in [-0.2, 0) is 10.3 Å². The molecule has 0 fully saturated rings. The van der Waals surface area contributed by atoms with Crippen molar-refractivity contribution >= 4 is 29.4 Å². The quantitative estimate of drug-likeness (QED) is 0.775. The first-order chi connectivity index (χ1) is 13.4. The van der Waals surface area contributed by atoms with Crippen LogP contribution < -0.4 is 11.5 Å². The summed E-state index contributed by atoms with van der Waals surface area (Å²) in [6.07, 6.45) is 4.40. The van der Waals surface area contributed by atoms with Gasteiger partial charge in [-0.15, -0.1) is 11.3 Å². The molecular formula is C20H20N6OS. The number of nitrogens with two attached hydrogens (primary N) is 2. The predicted molar refractivity (Wildman–Crippen MR) is 112 cm³/mol. The second-order valence-corrected chi connectivity index (χ2v) is 7.40. The van der Waals surface area contributed by atoms with E-state index >= 15 is 0 Å². The number of allylic oxidation sites excluding steroid dienone is 1. The Kier molecular flexibility index (Phi) is 5.29. The predicted octanol–water partition coefficient (Wildman–Crippen LogP) is 2.20. The van der Waals surface area contributed by atoms with Crippen LogP contribution in [0.25, 0.3) is 11.1 Å². The molecule has 0 saturated carbocycles. The molecule has 1 aliphatic heterocycles. The van der Waals surface area contributed by atoms with E-state index in [-0.39, 0.29) is 11.9 Å². The molecule has 1 amide bonds. The van der Waals surface area contributed by atoms with E-state index in [2.05, 4.69) is 16.1 Å². The number of hydrogen-bond acceptors (Lipinski definition) is 7. The van der Waals surface area contributed by atoms with E-state index in [0.717, 1.165) is 16.0 Å². The van der Waals surface area contributed by atoms with Crippen molar-refractivity contribution in [2.45, 2.75) is 18.5 Å². The molecule has 0 spiro atoms. The van der Waals surface area contributed by atoms with Gasteiger partial charge in [0.15, 0.2) is 12.0 Å². The van der Waals surface area contributed by atoms with Crippen molar-refractivity contribution in [1.82, 2.24) is 4.90 Å². The number of guanidine groups is 1. The molecule has 2 aromatic rings. The van der Waals surface area contributed by atoms with Crippen molar-refractivity contribution in [1.29, 1.82) is 5.26 Å². The Balaban J connectivity index is 2.07. The van der Waals surface area contributed by atoms with Crippen LogP contribution in [0.15, 0.2) is 58.0 Å². The number of carbonyl (C=O) groups excluding carboxylic acids is 1. The zero-order valence-corrected chi connectivity index (χ0v) is 16.4. The van der Waals surface area contributed by atoms with Crippen LogP contribution in [0.1, 0.15) is 17.4 Å². The maximum atomic E-state index is 12.8. The average molecular weight is 392 g/mol. The summed E-state index contributed by atoms with van der Waals surface area (Å²) in [7, 11) is 1.58. The molecule has 2 atom stereocenters. The number of nitriles is 1. The SMILES string of the molecule is CN1C(=O)C(N=CC=CN)[C@@](C)(c2cc(-c3cccc(C#N)c3)cs2)N=C1N. The summed E-state index contributed by atoms with van der Waals surface area (Å²) in [5.74, 6) is -0.0900. The Labute approximate surface area is 167 Å². The Morgan fingerprint density at radius 3 is 2.89 bits per heavy atom. The van der Waals surface area contributed by atoms with Crippen LogP contribution in [0.2, 0.25) is 0 Å². The Hall–Kier alpha value is -3.44. The highest BCUT2D eigenvalue weighted by molar-refractivity contribution is 7.10. The third-order valence-electron chi connectivity index (χ3n) is 4.64. The van der Waals surface area contributed by atoms with Gasteiger partial charge in [-0.3, -0.25) is 14.7 Å². The van der Waals surface area contributed by atoms with E-state index in [4.69, 9.17) is 16.7 Å². The van der Waals surface area contributed by atoms with Gasteiger partial charge >= 0.3 is 0 Å². The van der Waals surface area contributed by atoms with Gasteiger partial charge in [0.25, 0.3) is 5.91 Å². The fourth-order valence-electron chi connectivity index (χ4n) is 3.02. The highest BCUT2D eigenvalue weighted by Gasteiger charge is 2.47. The van der Waals surface area contributed by atoms with E-state index < -0.39 is 11.6 Å². The summed E-state index contributed by atoms with van der Waals surface area (Å²) >= 11 is 1.48. The molecule has 0 bridgehead atoms. The number of likely N-dealkylation sites (N-methyl/N-ethyl adjacent to an activating group) is 1. The lowest BCUT2D eigenvalue weighted by molar-refractivity contribution is -0.130. The maximum Gasteiger partial charge on any atom is 0.256 e. The minimum Gasteiger partial charge on any atom is -0.405 e. The molecule has 1 unspecified atom stereocenters. The average Bonchev–Trinajstić information content (AvgIpc) is 3.20. The molecule has 1 aromatic carbocycles. The fourth-order valence-corrected chi connectivity index (χ4v) is 4.07. The van der Waals surface area contributed by atoms with Crippen LogP contribution >= 0.6 is 11.3 Å². The molecule has 28 heavy (non-hydrogen) atoms. The molecule has 0 aliphatic carbocycles. The molecule has 1 aromatic heterocycles. The van der Waals surface area contributed by atoms with Gasteiger partial charge in [-0.05, 0) is 53.9 Å². The van der Waals surface area contributed by atoms with Gasteiger partial charge in [-0.1, -0.05) is 12.1 Å². The zero-order chi connectivity index (χ0) is 20.3. The second kappa shape index (κ2) is 7.66. The minimum absolute atomic E-state index is 0.148. The molecule has 3 rings (SSSR count). The Bertz CT molecular complexity index is 1030. The topological polar surface area (TPSA) is 121 Å². The third-order valence-corrected chi connectivity index (χ3v) is 5.80. The first-order valence-corrected chi connectivity index (χ1v) is 9.41. The number of thiophene rings is 1. The van der Waals surface area contributed by atoms with Crippen molar-refractivity contribution < 1.29 is 4.79 Å². The highest BCUT2D eigenvalue weighted by Crippen LogP contribution is 2.40. The lowest BCUT2D eigenvalue weighted by atomic mass is 9.88. The molecular weight excluding hydrogens is 372 g/mol. The van der Waals surface area contributed by atoms with Gasteiger partial charge in [0, 0.05) is 18.1 Å².